The second-order valence-corrected chi connectivity index (χ2v) is 9.46. The summed E-state index contributed by atoms with van der Waals surface area (Å²) < 4.78 is 5.95. The Kier molecular flexibility index (Phi) is 6.87. The lowest BCUT2D eigenvalue weighted by Gasteiger charge is -2.32. The van der Waals surface area contributed by atoms with Crippen molar-refractivity contribution in [1.82, 2.24) is 0 Å². The van der Waals surface area contributed by atoms with E-state index in [2.05, 4.69) is 62.4 Å². The predicted octanol–water partition coefficient (Wildman–Crippen LogP) is 6.12. The number of para-hydroxylation sites is 1. The van der Waals surface area contributed by atoms with Crippen LogP contribution in [0.2, 0.25) is 0 Å². The van der Waals surface area contributed by atoms with Crippen molar-refractivity contribution < 1.29 is 9.53 Å². The minimum Gasteiger partial charge on any atom is -0.496 e. The number of ketones is 1. The number of rotatable bonds is 8. The number of hydrogen-bond acceptors (Lipinski definition) is 2. The number of Topliss-reactive ketones (excluding diaryl/α,β-unsaturated/α-hetero) is 1. The van der Waals surface area contributed by atoms with Crippen molar-refractivity contribution in [3.8, 4) is 5.75 Å². The zero-order chi connectivity index (χ0) is 20.9. The Bertz CT molecular complexity index is 981. The molecular weight excluding hydrogens is 375 g/mol. The van der Waals surface area contributed by atoms with E-state index in [0.29, 0.717) is 8.58 Å². The maximum absolute atomic E-state index is 12.1. The standard InChI is InChI=1S/C26H29O2P/c1-5-26(3,29-24-17-10-9-15-22(24)19(2)27)23-16-11-14-21(25(23)28-4)18-20-12-7-6-8-13-20/h6-17,29H,5,18H2,1-4H3. The van der Waals surface area contributed by atoms with Crippen molar-refractivity contribution in [3.63, 3.8) is 0 Å². The van der Waals surface area contributed by atoms with Crippen LogP contribution in [-0.2, 0) is 11.6 Å². The van der Waals surface area contributed by atoms with Crippen LogP contribution in [-0.4, -0.2) is 12.9 Å². The molecule has 0 fully saturated rings. The molecule has 0 aromatic heterocycles. The van der Waals surface area contributed by atoms with Crippen LogP contribution in [0.1, 0.15) is 54.2 Å². The first-order valence-electron chi connectivity index (χ1n) is 10.1. The Hall–Kier alpha value is -2.44. The van der Waals surface area contributed by atoms with Crippen molar-refractivity contribution in [2.24, 2.45) is 0 Å². The SMILES string of the molecule is CCC(C)(Pc1ccccc1C(C)=O)c1cccc(Cc2ccccc2)c1OC. The Labute approximate surface area is 176 Å². The van der Waals surface area contributed by atoms with Gasteiger partial charge in [-0.25, -0.2) is 0 Å². The first-order valence-corrected chi connectivity index (χ1v) is 11.1. The van der Waals surface area contributed by atoms with Crippen LogP contribution < -0.4 is 10.0 Å². The smallest absolute Gasteiger partial charge is 0.160 e. The summed E-state index contributed by atoms with van der Waals surface area (Å²) in [6, 6.07) is 24.9. The molecule has 0 aliphatic carbocycles. The van der Waals surface area contributed by atoms with E-state index in [0.717, 1.165) is 29.5 Å². The van der Waals surface area contributed by atoms with Crippen molar-refractivity contribution in [2.45, 2.75) is 38.8 Å². The van der Waals surface area contributed by atoms with Crippen LogP contribution in [0.3, 0.4) is 0 Å². The van der Waals surface area contributed by atoms with Gasteiger partial charge in [-0.2, -0.15) is 0 Å². The highest BCUT2D eigenvalue weighted by molar-refractivity contribution is 7.48. The molecule has 0 saturated heterocycles. The van der Waals surface area contributed by atoms with Gasteiger partial charge in [-0.05, 0) is 29.8 Å². The van der Waals surface area contributed by atoms with E-state index in [1.807, 2.05) is 24.3 Å². The Morgan fingerprint density at radius 1 is 0.966 bits per heavy atom. The molecular formula is C26H29O2P. The lowest BCUT2D eigenvalue weighted by molar-refractivity contribution is 0.101. The number of carbonyl (C=O) groups excluding carboxylic acids is 1. The molecule has 0 N–H and O–H groups in total. The molecule has 0 saturated carbocycles. The fourth-order valence-electron chi connectivity index (χ4n) is 3.76. The molecule has 3 aromatic carbocycles. The van der Waals surface area contributed by atoms with Crippen molar-refractivity contribution >= 4 is 19.7 Å². The molecule has 0 aliphatic rings. The summed E-state index contributed by atoms with van der Waals surface area (Å²) >= 11 is 0. The van der Waals surface area contributed by atoms with Crippen molar-refractivity contribution in [1.29, 1.82) is 0 Å². The molecule has 0 spiro atoms. The number of methoxy groups -OCH3 is 1. The molecule has 0 heterocycles. The van der Waals surface area contributed by atoms with Gasteiger partial charge in [0.05, 0.1) is 7.11 Å². The summed E-state index contributed by atoms with van der Waals surface area (Å²) in [5, 5.41) is 1.02. The summed E-state index contributed by atoms with van der Waals surface area (Å²) in [5.74, 6) is 1.09. The van der Waals surface area contributed by atoms with Crippen molar-refractivity contribution in [3.05, 3.63) is 95.1 Å². The van der Waals surface area contributed by atoms with E-state index in [1.54, 1.807) is 14.0 Å². The van der Waals surface area contributed by atoms with E-state index >= 15 is 0 Å². The van der Waals surface area contributed by atoms with Gasteiger partial charge in [0.15, 0.2) is 5.78 Å². The van der Waals surface area contributed by atoms with E-state index in [1.165, 1.54) is 16.7 Å². The molecule has 3 aromatic rings. The van der Waals surface area contributed by atoms with Crippen LogP contribution in [0.5, 0.6) is 5.75 Å². The monoisotopic (exact) mass is 404 g/mol. The highest BCUT2D eigenvalue weighted by atomic mass is 31.1. The zero-order valence-corrected chi connectivity index (χ0v) is 18.7. The highest BCUT2D eigenvalue weighted by Crippen LogP contribution is 2.48. The van der Waals surface area contributed by atoms with E-state index < -0.39 is 0 Å². The summed E-state index contributed by atoms with van der Waals surface area (Å²) in [5.41, 5.74) is 4.50. The number of benzene rings is 3. The predicted molar refractivity (Wildman–Crippen MR) is 124 cm³/mol. The summed E-state index contributed by atoms with van der Waals surface area (Å²) in [6.45, 7) is 6.15. The third-order valence-electron chi connectivity index (χ3n) is 5.56. The maximum atomic E-state index is 12.1. The average molecular weight is 404 g/mol. The van der Waals surface area contributed by atoms with E-state index in [4.69, 9.17) is 4.74 Å². The van der Waals surface area contributed by atoms with Gasteiger partial charge in [-0.1, -0.05) is 95.2 Å². The number of ether oxygens (including phenoxy) is 1. The van der Waals surface area contributed by atoms with Gasteiger partial charge in [-0.3, -0.25) is 4.79 Å². The minimum atomic E-state index is -0.108. The first-order chi connectivity index (χ1) is 14.0. The van der Waals surface area contributed by atoms with Crippen LogP contribution in [0.25, 0.3) is 0 Å². The van der Waals surface area contributed by atoms with Crippen molar-refractivity contribution in [2.75, 3.05) is 7.11 Å². The lowest BCUT2D eigenvalue weighted by atomic mass is 9.92. The van der Waals surface area contributed by atoms with Gasteiger partial charge in [-0.15, -0.1) is 0 Å². The molecule has 3 heteroatoms. The third kappa shape index (κ3) is 4.77. The van der Waals surface area contributed by atoms with Crippen LogP contribution >= 0.6 is 8.58 Å². The van der Waals surface area contributed by atoms with Gasteiger partial charge in [0.1, 0.15) is 5.75 Å². The fourth-order valence-corrected chi connectivity index (χ4v) is 5.43. The van der Waals surface area contributed by atoms with Gasteiger partial charge < -0.3 is 4.74 Å². The lowest BCUT2D eigenvalue weighted by Crippen LogP contribution is -2.22. The number of carbonyl (C=O) groups is 1. The average Bonchev–Trinajstić information content (AvgIpc) is 2.74. The molecule has 2 unspecified atom stereocenters. The largest absolute Gasteiger partial charge is 0.496 e. The zero-order valence-electron chi connectivity index (χ0n) is 17.7. The van der Waals surface area contributed by atoms with Crippen LogP contribution in [0, 0.1) is 0 Å². The molecule has 3 rings (SSSR count). The molecule has 150 valence electrons. The second kappa shape index (κ2) is 9.37. The van der Waals surface area contributed by atoms with E-state index in [-0.39, 0.29) is 10.9 Å². The Morgan fingerprint density at radius 3 is 2.31 bits per heavy atom. The minimum absolute atomic E-state index is 0.108. The molecule has 0 bridgehead atoms. The normalized spacial score (nSPS) is 13.4. The van der Waals surface area contributed by atoms with Gasteiger partial charge >= 0.3 is 0 Å². The molecule has 2 atom stereocenters. The van der Waals surface area contributed by atoms with Gasteiger partial charge in [0.25, 0.3) is 0 Å². The molecule has 0 amide bonds. The molecule has 2 nitrogen and oxygen atoms in total. The molecule has 29 heavy (non-hydrogen) atoms. The summed E-state index contributed by atoms with van der Waals surface area (Å²) in [7, 11) is 2.24. The molecule has 0 radical (unpaired) electrons. The third-order valence-corrected chi connectivity index (χ3v) is 7.44. The number of hydrogen-bond donors (Lipinski definition) is 0. The Balaban J connectivity index is 2.03. The van der Waals surface area contributed by atoms with Crippen LogP contribution in [0.4, 0.5) is 0 Å². The van der Waals surface area contributed by atoms with Gasteiger partial charge in [0.2, 0.25) is 0 Å². The maximum Gasteiger partial charge on any atom is 0.160 e. The summed E-state index contributed by atoms with van der Waals surface area (Å²) in [6.07, 6.45) is 1.80. The Morgan fingerprint density at radius 2 is 1.66 bits per heavy atom. The summed E-state index contributed by atoms with van der Waals surface area (Å²) in [4.78, 5) is 12.1. The molecule has 0 aliphatic heterocycles. The van der Waals surface area contributed by atoms with Crippen LogP contribution in [0.15, 0.2) is 72.8 Å². The topological polar surface area (TPSA) is 26.3 Å². The fraction of sp³-hybridized carbons (Fsp3) is 0.269. The highest BCUT2D eigenvalue weighted by Gasteiger charge is 2.30. The van der Waals surface area contributed by atoms with Gasteiger partial charge in [0, 0.05) is 22.7 Å². The first kappa shape index (κ1) is 21.3. The van der Waals surface area contributed by atoms with E-state index in [9.17, 15) is 4.79 Å². The quantitative estimate of drug-likeness (QED) is 0.334. The second-order valence-electron chi connectivity index (χ2n) is 7.57.